The van der Waals surface area contributed by atoms with Crippen molar-refractivity contribution < 1.29 is 29.8 Å². The summed E-state index contributed by atoms with van der Waals surface area (Å²) in [6, 6.07) is 11.6. The lowest BCUT2D eigenvalue weighted by Crippen LogP contribution is -2.28. The summed E-state index contributed by atoms with van der Waals surface area (Å²) in [5.74, 6) is -1.90. The lowest BCUT2D eigenvalue weighted by atomic mass is 10.1. The monoisotopic (exact) mass is 488 g/mol. The second-order valence-corrected chi connectivity index (χ2v) is 7.21. The number of rotatable bonds is 5. The zero-order valence-corrected chi connectivity index (χ0v) is 18.5. The van der Waals surface area contributed by atoms with Gasteiger partial charge >= 0.3 is 0 Å². The summed E-state index contributed by atoms with van der Waals surface area (Å²) in [4.78, 5) is 50.5. The van der Waals surface area contributed by atoms with Gasteiger partial charge < -0.3 is 20.3 Å². The fraction of sp³-hybridized carbons (Fsp3) is 0.280. The molecule has 0 aliphatic heterocycles. The number of hydrogen-bond acceptors (Lipinski definition) is 8. The number of carbonyl (C=O) groups excluding carboxylic acids is 2. The van der Waals surface area contributed by atoms with Crippen LogP contribution in [0.15, 0.2) is 52.1 Å². The Hall–Kier alpha value is -4.34. The molecular formula is C25H32N2O8. The van der Waals surface area contributed by atoms with Crippen molar-refractivity contribution >= 4 is 11.6 Å². The van der Waals surface area contributed by atoms with E-state index < -0.39 is 28.7 Å². The van der Waals surface area contributed by atoms with E-state index in [0.717, 1.165) is 16.4 Å². The van der Waals surface area contributed by atoms with E-state index in [9.17, 15) is 29.4 Å². The second-order valence-electron chi connectivity index (χ2n) is 7.21. The fourth-order valence-corrected chi connectivity index (χ4v) is 3.11. The van der Waals surface area contributed by atoms with Crippen molar-refractivity contribution in [3.8, 4) is 11.8 Å². The standard InChI is InChI=1S/C15H15NO4.C8H9NO4.2CH4/c1-10-8-13(18)16(15(19)14(10)11(2)17)20-9-12-6-4-3-5-7-12;1-4-3-6(11)9(13)8(12)7(4)5(2)10;;/h3-8,19H,9H2,1-2H3;3,12-13H,1-2H3;2*1H4. The number of benzene rings is 1. The summed E-state index contributed by atoms with van der Waals surface area (Å²) in [7, 11) is 0. The van der Waals surface area contributed by atoms with Gasteiger partial charge in [0.05, 0.1) is 11.1 Å². The Bertz CT molecular complexity index is 1310. The Kier molecular flexibility index (Phi) is 11.2. The minimum Gasteiger partial charge on any atom is -0.492 e. The first-order valence-corrected chi connectivity index (χ1v) is 9.75. The van der Waals surface area contributed by atoms with Crippen LogP contribution in [0.1, 0.15) is 66.1 Å². The molecule has 0 unspecified atom stereocenters. The Labute approximate surface area is 203 Å². The molecule has 0 saturated heterocycles. The average molecular weight is 489 g/mol. The number of ketones is 2. The van der Waals surface area contributed by atoms with E-state index in [-0.39, 0.29) is 43.1 Å². The summed E-state index contributed by atoms with van der Waals surface area (Å²) in [5.41, 5.74) is 0.407. The molecule has 10 nitrogen and oxygen atoms in total. The molecule has 0 aliphatic carbocycles. The maximum Gasteiger partial charge on any atom is 0.286 e. The van der Waals surface area contributed by atoms with E-state index in [1.54, 1.807) is 6.92 Å². The molecule has 0 amide bonds. The number of carbonyl (C=O) groups is 2. The van der Waals surface area contributed by atoms with Gasteiger partial charge in [0, 0.05) is 12.1 Å². The molecule has 3 aromatic rings. The van der Waals surface area contributed by atoms with Crippen molar-refractivity contribution in [2.45, 2.75) is 49.2 Å². The number of hydrogen-bond donors (Lipinski definition) is 3. The summed E-state index contributed by atoms with van der Waals surface area (Å²) < 4.78 is 0.792. The molecule has 2 heterocycles. The number of nitrogens with zero attached hydrogens (tertiary/aromatic N) is 2. The van der Waals surface area contributed by atoms with E-state index in [4.69, 9.17) is 10.0 Å². The average Bonchev–Trinajstić information content (AvgIpc) is 2.72. The number of Topliss-reactive ketones (excluding diaryl/α,β-unsaturated/α-hetero) is 2. The minimum absolute atomic E-state index is 0. The Balaban J connectivity index is 0.000000677. The molecule has 0 saturated carbocycles. The number of pyridine rings is 2. The highest BCUT2D eigenvalue weighted by atomic mass is 16.7. The second kappa shape index (κ2) is 12.8. The maximum atomic E-state index is 11.8. The van der Waals surface area contributed by atoms with Crippen LogP contribution in [0.3, 0.4) is 0 Å². The molecule has 0 aliphatic rings. The van der Waals surface area contributed by atoms with E-state index in [0.29, 0.717) is 11.1 Å². The highest BCUT2D eigenvalue weighted by Gasteiger charge is 2.17. The van der Waals surface area contributed by atoms with Crippen LogP contribution in [0.4, 0.5) is 0 Å². The zero-order chi connectivity index (χ0) is 24.9. The van der Waals surface area contributed by atoms with Crippen molar-refractivity contribution in [2.24, 2.45) is 0 Å². The van der Waals surface area contributed by atoms with Crippen LogP contribution in [0.25, 0.3) is 0 Å². The zero-order valence-electron chi connectivity index (χ0n) is 18.5. The largest absolute Gasteiger partial charge is 0.492 e. The lowest BCUT2D eigenvalue weighted by Gasteiger charge is -2.13. The molecule has 0 radical (unpaired) electrons. The van der Waals surface area contributed by atoms with E-state index >= 15 is 0 Å². The highest BCUT2D eigenvalue weighted by molar-refractivity contribution is 5.98. The van der Waals surface area contributed by atoms with Crippen LogP contribution < -0.4 is 16.0 Å². The van der Waals surface area contributed by atoms with Gasteiger partial charge in [-0.2, -0.15) is 0 Å². The van der Waals surface area contributed by atoms with Crippen molar-refractivity contribution in [2.75, 3.05) is 0 Å². The first-order chi connectivity index (χ1) is 15.5. The van der Waals surface area contributed by atoms with Gasteiger partial charge in [0.1, 0.15) is 6.61 Å². The van der Waals surface area contributed by atoms with Crippen LogP contribution in [-0.4, -0.2) is 36.4 Å². The molecule has 0 fully saturated rings. The third-order valence-corrected chi connectivity index (χ3v) is 4.63. The first-order valence-electron chi connectivity index (χ1n) is 9.75. The normalized spacial score (nSPS) is 9.60. The first kappa shape index (κ1) is 30.7. The van der Waals surface area contributed by atoms with Gasteiger partial charge in [0.15, 0.2) is 11.6 Å². The third kappa shape index (κ3) is 7.07. The fourth-order valence-electron chi connectivity index (χ4n) is 3.11. The Morgan fingerprint density at radius 3 is 1.77 bits per heavy atom. The van der Waals surface area contributed by atoms with Gasteiger partial charge in [0.25, 0.3) is 11.1 Å². The summed E-state index contributed by atoms with van der Waals surface area (Å²) in [6.07, 6.45) is 0. The van der Waals surface area contributed by atoms with Crippen molar-refractivity contribution in [3.63, 3.8) is 0 Å². The van der Waals surface area contributed by atoms with E-state index in [2.05, 4.69) is 0 Å². The van der Waals surface area contributed by atoms with Crippen LogP contribution in [0.2, 0.25) is 0 Å². The lowest BCUT2D eigenvalue weighted by molar-refractivity contribution is 0.0689. The van der Waals surface area contributed by atoms with Gasteiger partial charge in [-0.3, -0.25) is 19.2 Å². The van der Waals surface area contributed by atoms with Crippen LogP contribution in [0.5, 0.6) is 11.8 Å². The number of aryl methyl sites for hydroxylation is 2. The summed E-state index contributed by atoms with van der Waals surface area (Å²) in [5, 5.41) is 28.2. The van der Waals surface area contributed by atoms with E-state index in [1.807, 2.05) is 30.3 Å². The van der Waals surface area contributed by atoms with Crippen molar-refractivity contribution in [1.29, 1.82) is 0 Å². The molecule has 0 spiro atoms. The molecule has 10 heteroatoms. The molecular weight excluding hydrogens is 456 g/mol. The van der Waals surface area contributed by atoms with E-state index in [1.165, 1.54) is 26.8 Å². The topological polar surface area (TPSA) is 148 Å². The quantitative estimate of drug-likeness (QED) is 0.366. The maximum absolute atomic E-state index is 11.8. The number of aromatic nitrogens is 2. The predicted molar refractivity (Wildman–Crippen MR) is 132 cm³/mol. The molecule has 3 N–H and O–H groups in total. The van der Waals surface area contributed by atoms with Crippen molar-refractivity contribution in [1.82, 2.24) is 9.46 Å². The Morgan fingerprint density at radius 1 is 0.829 bits per heavy atom. The molecule has 1 aromatic carbocycles. The van der Waals surface area contributed by atoms with Gasteiger partial charge in [-0.25, -0.2) is 0 Å². The van der Waals surface area contributed by atoms with Gasteiger partial charge in [-0.1, -0.05) is 45.2 Å². The third-order valence-electron chi connectivity index (χ3n) is 4.63. The molecule has 0 atom stereocenters. The van der Waals surface area contributed by atoms with Crippen LogP contribution in [0, 0.1) is 13.8 Å². The number of aromatic hydroxyl groups is 2. The van der Waals surface area contributed by atoms with Gasteiger partial charge in [0.2, 0.25) is 11.8 Å². The SMILES string of the molecule is C.C.CC(=O)c1c(C)cc(=O)n(O)c1O.CC(=O)c1c(C)cc(=O)n(OCc2ccccc2)c1O. The van der Waals surface area contributed by atoms with Gasteiger partial charge in [-0.15, -0.1) is 9.46 Å². The Morgan fingerprint density at radius 2 is 1.29 bits per heavy atom. The summed E-state index contributed by atoms with van der Waals surface area (Å²) >= 11 is 0. The van der Waals surface area contributed by atoms with Crippen LogP contribution in [-0.2, 0) is 6.61 Å². The molecule has 0 bridgehead atoms. The molecule has 190 valence electrons. The summed E-state index contributed by atoms with van der Waals surface area (Å²) in [6.45, 7) is 5.80. The highest BCUT2D eigenvalue weighted by Crippen LogP contribution is 2.19. The molecule has 3 rings (SSSR count). The molecule has 35 heavy (non-hydrogen) atoms. The van der Waals surface area contributed by atoms with Gasteiger partial charge in [-0.05, 0) is 44.4 Å². The smallest absolute Gasteiger partial charge is 0.286 e. The minimum atomic E-state index is -0.764. The van der Waals surface area contributed by atoms with Crippen molar-refractivity contribution in [3.05, 3.63) is 91.0 Å². The molecule has 2 aromatic heterocycles. The predicted octanol–water partition coefficient (Wildman–Crippen LogP) is 3.27. The van der Waals surface area contributed by atoms with Crippen LogP contribution >= 0.6 is 0 Å².